The van der Waals surface area contributed by atoms with Crippen molar-refractivity contribution in [2.45, 2.75) is 13.3 Å². The largest absolute Gasteiger partial charge is 0.246 e. The molecule has 1 aromatic heterocycles. The lowest BCUT2D eigenvalue weighted by atomic mass is 10.1. The molecule has 0 amide bonds. The van der Waals surface area contributed by atoms with Crippen LogP contribution in [0.25, 0.3) is 6.08 Å². The molecular formula is C9H8BrN. The zero-order chi connectivity index (χ0) is 7.84. The summed E-state index contributed by atoms with van der Waals surface area (Å²) < 4.78 is 0.931. The maximum atomic E-state index is 4.32. The molecule has 1 nitrogen and oxygen atoms in total. The van der Waals surface area contributed by atoms with Crippen LogP contribution in [-0.4, -0.2) is 4.98 Å². The van der Waals surface area contributed by atoms with Crippen molar-refractivity contribution in [3.8, 4) is 0 Å². The quantitative estimate of drug-likeness (QED) is 0.600. The van der Waals surface area contributed by atoms with Gasteiger partial charge in [0.1, 0.15) is 4.60 Å². The summed E-state index contributed by atoms with van der Waals surface area (Å²) in [5.74, 6) is 0. The van der Waals surface area contributed by atoms with Gasteiger partial charge in [0.25, 0.3) is 0 Å². The average Bonchev–Trinajstić information content (AvgIpc) is 2.34. The second-order valence-corrected chi connectivity index (χ2v) is 3.52. The Balaban J connectivity index is 2.66. The van der Waals surface area contributed by atoms with Crippen molar-refractivity contribution in [3.63, 3.8) is 0 Å². The summed E-state index contributed by atoms with van der Waals surface area (Å²) in [6.45, 7) is 2.05. The van der Waals surface area contributed by atoms with Crippen molar-refractivity contribution in [1.29, 1.82) is 0 Å². The minimum Gasteiger partial charge on any atom is -0.246 e. The first-order chi connectivity index (χ1) is 5.27. The maximum Gasteiger partial charge on any atom is 0.106 e. The molecule has 56 valence electrons. The van der Waals surface area contributed by atoms with E-state index in [1.54, 1.807) is 0 Å². The van der Waals surface area contributed by atoms with Gasteiger partial charge in [0.15, 0.2) is 0 Å². The van der Waals surface area contributed by atoms with Gasteiger partial charge in [-0.1, -0.05) is 12.2 Å². The van der Waals surface area contributed by atoms with Crippen LogP contribution in [-0.2, 0) is 6.42 Å². The first-order valence-corrected chi connectivity index (χ1v) is 4.39. The molecule has 11 heavy (non-hydrogen) atoms. The van der Waals surface area contributed by atoms with E-state index in [0.29, 0.717) is 0 Å². The van der Waals surface area contributed by atoms with E-state index in [1.807, 2.05) is 0 Å². The summed E-state index contributed by atoms with van der Waals surface area (Å²) >= 11 is 3.37. The molecule has 1 heterocycles. The molecule has 0 saturated carbocycles. The van der Waals surface area contributed by atoms with E-state index >= 15 is 0 Å². The average molecular weight is 210 g/mol. The molecule has 0 radical (unpaired) electrons. The molecule has 0 atom stereocenters. The van der Waals surface area contributed by atoms with Gasteiger partial charge in [-0.3, -0.25) is 0 Å². The molecule has 1 aromatic rings. The van der Waals surface area contributed by atoms with Gasteiger partial charge in [0.05, 0.1) is 0 Å². The summed E-state index contributed by atoms with van der Waals surface area (Å²) in [5, 5.41) is 0. The molecule has 0 fully saturated rings. The summed E-state index contributed by atoms with van der Waals surface area (Å²) in [7, 11) is 0. The zero-order valence-electron chi connectivity index (χ0n) is 6.26. The molecule has 0 unspecified atom stereocenters. The SMILES string of the molecule is Cc1nc(Br)cc2c1CC=C2. The number of halogens is 1. The van der Waals surface area contributed by atoms with E-state index in [2.05, 4.69) is 46.1 Å². The number of allylic oxidation sites excluding steroid dienone is 1. The molecule has 1 aliphatic carbocycles. The smallest absolute Gasteiger partial charge is 0.106 e. The number of hydrogen-bond acceptors (Lipinski definition) is 1. The fourth-order valence-corrected chi connectivity index (χ4v) is 1.91. The van der Waals surface area contributed by atoms with Gasteiger partial charge in [-0.15, -0.1) is 0 Å². The number of rotatable bonds is 0. The first kappa shape index (κ1) is 7.04. The van der Waals surface area contributed by atoms with Gasteiger partial charge in [-0.05, 0) is 46.5 Å². The highest BCUT2D eigenvalue weighted by Crippen LogP contribution is 2.24. The van der Waals surface area contributed by atoms with Crippen LogP contribution >= 0.6 is 15.9 Å². The van der Waals surface area contributed by atoms with Crippen molar-refractivity contribution >= 4 is 22.0 Å². The highest BCUT2D eigenvalue weighted by molar-refractivity contribution is 9.10. The van der Waals surface area contributed by atoms with Gasteiger partial charge >= 0.3 is 0 Å². The van der Waals surface area contributed by atoms with Crippen LogP contribution in [0.5, 0.6) is 0 Å². The van der Waals surface area contributed by atoms with E-state index in [-0.39, 0.29) is 0 Å². The number of aromatic nitrogens is 1. The third-order valence-electron chi connectivity index (χ3n) is 1.95. The normalized spacial score (nSPS) is 13.6. The number of aryl methyl sites for hydroxylation is 1. The number of pyridine rings is 1. The summed E-state index contributed by atoms with van der Waals surface area (Å²) in [6.07, 6.45) is 5.36. The third kappa shape index (κ3) is 1.11. The Morgan fingerprint density at radius 1 is 1.55 bits per heavy atom. The van der Waals surface area contributed by atoms with Crippen molar-refractivity contribution in [3.05, 3.63) is 33.6 Å². The summed E-state index contributed by atoms with van der Waals surface area (Å²) in [5.41, 5.74) is 3.82. The summed E-state index contributed by atoms with van der Waals surface area (Å²) in [4.78, 5) is 4.32. The molecule has 1 aliphatic rings. The highest BCUT2D eigenvalue weighted by atomic mass is 79.9. The van der Waals surface area contributed by atoms with Crippen molar-refractivity contribution in [2.75, 3.05) is 0 Å². The standard InChI is InChI=1S/C9H8BrN/c1-6-8-4-2-3-7(8)5-9(10)11-6/h2-3,5H,4H2,1H3. The van der Waals surface area contributed by atoms with Gasteiger partial charge in [0.2, 0.25) is 0 Å². The lowest BCUT2D eigenvalue weighted by molar-refractivity contribution is 1.09. The van der Waals surface area contributed by atoms with Crippen LogP contribution in [0.4, 0.5) is 0 Å². The number of fused-ring (bicyclic) bond motifs is 1. The second-order valence-electron chi connectivity index (χ2n) is 2.70. The highest BCUT2D eigenvalue weighted by Gasteiger charge is 2.09. The molecule has 0 bridgehead atoms. The number of hydrogen-bond donors (Lipinski definition) is 0. The molecule has 0 spiro atoms. The van der Waals surface area contributed by atoms with Crippen LogP contribution in [0.1, 0.15) is 16.8 Å². The molecule has 2 rings (SSSR count). The van der Waals surface area contributed by atoms with Crippen LogP contribution < -0.4 is 0 Å². The van der Waals surface area contributed by atoms with Crippen molar-refractivity contribution < 1.29 is 0 Å². The predicted molar refractivity (Wildman–Crippen MR) is 49.4 cm³/mol. The Morgan fingerprint density at radius 2 is 2.36 bits per heavy atom. The van der Waals surface area contributed by atoms with E-state index in [9.17, 15) is 0 Å². The molecule has 2 heteroatoms. The van der Waals surface area contributed by atoms with Crippen LogP contribution in [0.15, 0.2) is 16.7 Å². The fourth-order valence-electron chi connectivity index (χ4n) is 1.40. The summed E-state index contributed by atoms with van der Waals surface area (Å²) in [6, 6.07) is 2.06. The first-order valence-electron chi connectivity index (χ1n) is 3.60. The van der Waals surface area contributed by atoms with E-state index < -0.39 is 0 Å². The van der Waals surface area contributed by atoms with E-state index in [0.717, 1.165) is 16.7 Å². The van der Waals surface area contributed by atoms with Crippen LogP contribution in [0, 0.1) is 6.92 Å². The lowest BCUT2D eigenvalue weighted by Gasteiger charge is -2.02. The van der Waals surface area contributed by atoms with E-state index in [1.165, 1.54) is 11.1 Å². The zero-order valence-corrected chi connectivity index (χ0v) is 7.85. The van der Waals surface area contributed by atoms with Crippen LogP contribution in [0.2, 0.25) is 0 Å². The topological polar surface area (TPSA) is 12.9 Å². The number of nitrogens with zero attached hydrogens (tertiary/aromatic N) is 1. The van der Waals surface area contributed by atoms with Gasteiger partial charge in [0, 0.05) is 5.69 Å². The predicted octanol–water partition coefficient (Wildman–Crippen LogP) is 2.72. The monoisotopic (exact) mass is 209 g/mol. The van der Waals surface area contributed by atoms with Crippen molar-refractivity contribution in [2.24, 2.45) is 0 Å². The third-order valence-corrected chi connectivity index (χ3v) is 2.36. The Hall–Kier alpha value is -0.630. The molecule has 0 aliphatic heterocycles. The molecular weight excluding hydrogens is 202 g/mol. The lowest BCUT2D eigenvalue weighted by Crippen LogP contribution is -1.91. The van der Waals surface area contributed by atoms with Gasteiger partial charge in [-0.25, -0.2) is 4.98 Å². The maximum absolute atomic E-state index is 4.32. The van der Waals surface area contributed by atoms with Crippen LogP contribution in [0.3, 0.4) is 0 Å². The second kappa shape index (κ2) is 2.45. The molecule has 0 N–H and O–H groups in total. The Labute approximate surface area is 74.3 Å². The van der Waals surface area contributed by atoms with Crippen molar-refractivity contribution in [1.82, 2.24) is 4.98 Å². The minimum absolute atomic E-state index is 0.931. The van der Waals surface area contributed by atoms with Gasteiger partial charge < -0.3 is 0 Å². The Morgan fingerprint density at radius 3 is 3.18 bits per heavy atom. The van der Waals surface area contributed by atoms with E-state index in [4.69, 9.17) is 0 Å². The Bertz CT molecular complexity index is 329. The molecule has 0 saturated heterocycles. The molecule has 0 aromatic carbocycles. The van der Waals surface area contributed by atoms with Gasteiger partial charge in [-0.2, -0.15) is 0 Å². The fraction of sp³-hybridized carbons (Fsp3) is 0.222. The minimum atomic E-state index is 0.931. The Kier molecular flexibility index (Phi) is 1.57.